The van der Waals surface area contributed by atoms with Crippen LogP contribution in [0.15, 0.2) is 33.7 Å². The quantitative estimate of drug-likeness (QED) is 0.396. The van der Waals surface area contributed by atoms with Crippen molar-refractivity contribution in [2.75, 3.05) is 31.6 Å². The molecule has 0 amide bonds. The van der Waals surface area contributed by atoms with Crippen LogP contribution in [0.4, 0.5) is 5.69 Å². The molecule has 1 saturated carbocycles. The second kappa shape index (κ2) is 8.38. The fourth-order valence-electron chi connectivity index (χ4n) is 2.72. The first-order valence-electron chi connectivity index (χ1n) is 7.72. The third-order valence-electron chi connectivity index (χ3n) is 4.20. The number of nitrogens with zero attached hydrogens (tertiary/aromatic N) is 2. The van der Waals surface area contributed by atoms with Gasteiger partial charge in [-0.2, -0.15) is 0 Å². The number of aliphatic imine (C=N–C) groups is 1. The predicted octanol–water partition coefficient (Wildman–Crippen LogP) is 3.22. The average Bonchev–Trinajstić information content (AvgIpc) is 3.22. The average molecular weight is 479 g/mol. The second-order valence-corrected chi connectivity index (χ2v) is 6.86. The van der Waals surface area contributed by atoms with Gasteiger partial charge in [-0.1, -0.05) is 15.9 Å². The lowest BCUT2D eigenvalue weighted by Gasteiger charge is -2.20. The summed E-state index contributed by atoms with van der Waals surface area (Å²) in [6.07, 6.45) is 3.88. The normalized spacial score (nSPS) is 21.5. The van der Waals surface area contributed by atoms with Crippen LogP contribution in [0.25, 0.3) is 0 Å². The third kappa shape index (κ3) is 5.01. The van der Waals surface area contributed by atoms with Crippen LogP contribution in [0.1, 0.15) is 19.3 Å². The van der Waals surface area contributed by atoms with Crippen LogP contribution in [-0.4, -0.2) is 38.7 Å². The van der Waals surface area contributed by atoms with Crippen molar-refractivity contribution >= 4 is 51.6 Å². The molecule has 1 aliphatic carbocycles. The Labute approximate surface area is 158 Å². The zero-order valence-electron chi connectivity index (χ0n) is 12.9. The van der Waals surface area contributed by atoms with E-state index in [2.05, 4.69) is 60.7 Å². The van der Waals surface area contributed by atoms with E-state index in [1.807, 2.05) is 7.05 Å². The minimum Gasteiger partial charge on any atom is -0.369 e. The Bertz CT molecular complexity index is 501. The summed E-state index contributed by atoms with van der Waals surface area (Å²) in [5, 5.41) is 6.98. The van der Waals surface area contributed by atoms with Gasteiger partial charge in [-0.3, -0.25) is 4.99 Å². The molecule has 1 aromatic carbocycles. The Balaban J connectivity index is 0.00000176. The first kappa shape index (κ1) is 17.8. The Morgan fingerprint density at radius 1 is 1.27 bits per heavy atom. The molecule has 1 aliphatic heterocycles. The summed E-state index contributed by atoms with van der Waals surface area (Å²) in [4.78, 5) is 6.76. The van der Waals surface area contributed by atoms with E-state index in [-0.39, 0.29) is 24.0 Å². The van der Waals surface area contributed by atoms with Gasteiger partial charge < -0.3 is 15.5 Å². The van der Waals surface area contributed by atoms with Crippen LogP contribution in [0, 0.1) is 5.92 Å². The van der Waals surface area contributed by atoms with Crippen molar-refractivity contribution in [1.29, 1.82) is 0 Å². The number of hydrogen-bond donors (Lipinski definition) is 2. The van der Waals surface area contributed by atoms with Crippen LogP contribution < -0.4 is 15.5 Å². The van der Waals surface area contributed by atoms with Crippen molar-refractivity contribution in [3.8, 4) is 0 Å². The first-order valence-corrected chi connectivity index (χ1v) is 8.51. The molecule has 0 aromatic heterocycles. The molecule has 1 aromatic rings. The Morgan fingerprint density at radius 2 is 2.00 bits per heavy atom. The van der Waals surface area contributed by atoms with E-state index < -0.39 is 0 Å². The van der Waals surface area contributed by atoms with E-state index in [1.54, 1.807) is 0 Å². The molecule has 0 bridgehead atoms. The van der Waals surface area contributed by atoms with Gasteiger partial charge in [-0.05, 0) is 49.4 Å². The van der Waals surface area contributed by atoms with Crippen LogP contribution in [0.5, 0.6) is 0 Å². The minimum absolute atomic E-state index is 0. The molecule has 1 saturated heterocycles. The smallest absolute Gasteiger partial charge is 0.191 e. The number of guanidine groups is 1. The second-order valence-electron chi connectivity index (χ2n) is 5.95. The van der Waals surface area contributed by atoms with E-state index in [0.717, 1.165) is 42.4 Å². The molecule has 6 heteroatoms. The Morgan fingerprint density at radius 3 is 2.64 bits per heavy atom. The maximum Gasteiger partial charge on any atom is 0.191 e. The standard InChI is InChI=1S/C16H23BrN4.HI/c1-18-16(19-10-12-2-3-12)20-14-8-9-21(11-14)15-6-4-13(17)5-7-15;/h4-7,12,14H,2-3,8-11H2,1H3,(H2,18,19,20);1H. The van der Waals surface area contributed by atoms with E-state index >= 15 is 0 Å². The molecule has 4 nitrogen and oxygen atoms in total. The highest BCUT2D eigenvalue weighted by atomic mass is 127. The molecule has 2 aliphatic rings. The monoisotopic (exact) mass is 478 g/mol. The third-order valence-corrected chi connectivity index (χ3v) is 4.73. The topological polar surface area (TPSA) is 39.7 Å². The number of nitrogens with one attached hydrogen (secondary N) is 2. The molecule has 2 fully saturated rings. The van der Waals surface area contributed by atoms with Gasteiger partial charge >= 0.3 is 0 Å². The SMILES string of the molecule is CN=C(NCC1CC1)NC1CCN(c2ccc(Br)cc2)C1.I. The van der Waals surface area contributed by atoms with Gasteiger partial charge in [-0.15, -0.1) is 24.0 Å². The number of benzene rings is 1. The van der Waals surface area contributed by atoms with Crippen LogP contribution in [0.3, 0.4) is 0 Å². The van der Waals surface area contributed by atoms with E-state index in [4.69, 9.17) is 0 Å². The van der Waals surface area contributed by atoms with E-state index in [0.29, 0.717) is 6.04 Å². The molecule has 22 heavy (non-hydrogen) atoms. The molecule has 1 atom stereocenters. The first-order chi connectivity index (χ1) is 10.2. The molecule has 1 unspecified atom stereocenters. The highest BCUT2D eigenvalue weighted by Crippen LogP contribution is 2.27. The number of halogens is 2. The fraction of sp³-hybridized carbons (Fsp3) is 0.562. The van der Waals surface area contributed by atoms with E-state index in [1.165, 1.54) is 18.5 Å². The zero-order valence-corrected chi connectivity index (χ0v) is 16.8. The van der Waals surface area contributed by atoms with Gasteiger partial charge in [0.05, 0.1) is 0 Å². The Hall–Kier alpha value is -0.500. The van der Waals surface area contributed by atoms with Crippen molar-refractivity contribution in [1.82, 2.24) is 10.6 Å². The molecular formula is C16H24BrIN4. The molecule has 3 rings (SSSR count). The van der Waals surface area contributed by atoms with E-state index in [9.17, 15) is 0 Å². The summed E-state index contributed by atoms with van der Waals surface area (Å²) in [7, 11) is 1.85. The summed E-state index contributed by atoms with van der Waals surface area (Å²) < 4.78 is 1.13. The van der Waals surface area contributed by atoms with Crippen molar-refractivity contribution in [2.45, 2.75) is 25.3 Å². The lowest BCUT2D eigenvalue weighted by molar-refractivity contribution is 0.641. The highest BCUT2D eigenvalue weighted by Gasteiger charge is 2.25. The van der Waals surface area contributed by atoms with Crippen LogP contribution >= 0.6 is 39.9 Å². The van der Waals surface area contributed by atoms with Crippen LogP contribution in [-0.2, 0) is 0 Å². The van der Waals surface area contributed by atoms with Gasteiger partial charge in [-0.25, -0.2) is 0 Å². The molecule has 1 heterocycles. The van der Waals surface area contributed by atoms with Gasteiger partial charge in [0.1, 0.15) is 0 Å². The van der Waals surface area contributed by atoms with Crippen molar-refractivity contribution < 1.29 is 0 Å². The van der Waals surface area contributed by atoms with Crippen molar-refractivity contribution in [3.63, 3.8) is 0 Å². The summed E-state index contributed by atoms with van der Waals surface area (Å²) in [5.74, 6) is 1.82. The van der Waals surface area contributed by atoms with Gasteiger partial charge in [0.15, 0.2) is 5.96 Å². The Kier molecular flexibility index (Phi) is 6.80. The van der Waals surface area contributed by atoms with Gasteiger partial charge in [0.2, 0.25) is 0 Å². The lowest BCUT2D eigenvalue weighted by Crippen LogP contribution is -2.45. The summed E-state index contributed by atoms with van der Waals surface area (Å²) >= 11 is 3.49. The molecule has 122 valence electrons. The molecular weight excluding hydrogens is 455 g/mol. The number of hydrogen-bond acceptors (Lipinski definition) is 2. The fourth-order valence-corrected chi connectivity index (χ4v) is 2.98. The molecule has 2 N–H and O–H groups in total. The minimum atomic E-state index is 0. The lowest BCUT2D eigenvalue weighted by atomic mass is 10.2. The van der Waals surface area contributed by atoms with Crippen molar-refractivity contribution in [2.24, 2.45) is 10.9 Å². The predicted molar refractivity (Wildman–Crippen MR) is 107 cm³/mol. The molecule has 0 radical (unpaired) electrons. The van der Waals surface area contributed by atoms with Gasteiger partial charge in [0, 0.05) is 42.9 Å². The summed E-state index contributed by atoms with van der Waals surface area (Å²) in [5.41, 5.74) is 1.29. The molecule has 0 spiro atoms. The summed E-state index contributed by atoms with van der Waals surface area (Å²) in [6, 6.07) is 9.02. The summed E-state index contributed by atoms with van der Waals surface area (Å²) in [6.45, 7) is 3.19. The van der Waals surface area contributed by atoms with Crippen molar-refractivity contribution in [3.05, 3.63) is 28.7 Å². The largest absolute Gasteiger partial charge is 0.369 e. The number of rotatable bonds is 4. The zero-order chi connectivity index (χ0) is 14.7. The van der Waals surface area contributed by atoms with Crippen LogP contribution in [0.2, 0.25) is 0 Å². The number of anilines is 1. The van der Waals surface area contributed by atoms with Gasteiger partial charge in [0.25, 0.3) is 0 Å². The maximum absolute atomic E-state index is 4.33. The maximum atomic E-state index is 4.33. The highest BCUT2D eigenvalue weighted by molar-refractivity contribution is 14.0.